The van der Waals surface area contributed by atoms with Gasteiger partial charge in [0.15, 0.2) is 0 Å². The Morgan fingerprint density at radius 1 is 1.04 bits per heavy atom. The lowest BCUT2D eigenvalue weighted by Gasteiger charge is -2.04. The Morgan fingerprint density at radius 3 is 2.57 bits per heavy atom. The Kier molecular flexibility index (Phi) is 4.95. The molecule has 0 N–H and O–H groups in total. The summed E-state index contributed by atoms with van der Waals surface area (Å²) in [4.78, 5) is 12.5. The minimum absolute atomic E-state index is 0.443. The molecule has 0 bridgehead atoms. The van der Waals surface area contributed by atoms with Crippen molar-refractivity contribution < 1.29 is 9.47 Å². The SMILES string of the molecule is COc1ccc(OCc2nc(/C=C/c3ccncn3)cs2)cc1. The summed E-state index contributed by atoms with van der Waals surface area (Å²) in [6.07, 6.45) is 7.07. The molecule has 2 heterocycles. The van der Waals surface area contributed by atoms with Crippen LogP contribution in [0.15, 0.2) is 48.2 Å². The molecule has 0 saturated heterocycles. The maximum atomic E-state index is 5.72. The largest absolute Gasteiger partial charge is 0.497 e. The molecule has 0 unspecified atom stereocenters. The summed E-state index contributed by atoms with van der Waals surface area (Å²) in [6.45, 7) is 0.443. The van der Waals surface area contributed by atoms with Gasteiger partial charge in [0.1, 0.15) is 29.4 Å². The molecule has 1 aromatic carbocycles. The molecule has 5 nitrogen and oxygen atoms in total. The zero-order chi connectivity index (χ0) is 15.9. The molecule has 0 saturated carbocycles. The van der Waals surface area contributed by atoms with E-state index in [0.717, 1.165) is 27.9 Å². The van der Waals surface area contributed by atoms with Crippen LogP contribution in [0.4, 0.5) is 0 Å². The van der Waals surface area contributed by atoms with Crippen molar-refractivity contribution in [2.24, 2.45) is 0 Å². The van der Waals surface area contributed by atoms with Crippen LogP contribution in [-0.4, -0.2) is 22.1 Å². The van der Waals surface area contributed by atoms with E-state index in [0.29, 0.717) is 6.61 Å². The number of ether oxygens (including phenoxy) is 2. The quantitative estimate of drug-likeness (QED) is 0.692. The molecule has 0 aliphatic carbocycles. The van der Waals surface area contributed by atoms with Crippen LogP contribution < -0.4 is 9.47 Å². The average Bonchev–Trinajstić information content (AvgIpc) is 3.07. The fraction of sp³-hybridized carbons (Fsp3) is 0.118. The van der Waals surface area contributed by atoms with E-state index in [1.54, 1.807) is 24.6 Å². The van der Waals surface area contributed by atoms with Crippen molar-refractivity contribution in [1.29, 1.82) is 0 Å². The number of methoxy groups -OCH3 is 1. The molecule has 0 aliphatic heterocycles. The van der Waals surface area contributed by atoms with Gasteiger partial charge in [0.2, 0.25) is 0 Å². The van der Waals surface area contributed by atoms with Crippen molar-refractivity contribution >= 4 is 23.5 Å². The van der Waals surface area contributed by atoms with E-state index >= 15 is 0 Å². The van der Waals surface area contributed by atoms with Gasteiger partial charge in [0, 0.05) is 11.6 Å². The van der Waals surface area contributed by atoms with Crippen LogP contribution in [0, 0.1) is 0 Å². The molecule has 3 aromatic rings. The van der Waals surface area contributed by atoms with E-state index in [1.165, 1.54) is 6.33 Å². The molecular formula is C17H15N3O2S. The second-order valence-electron chi connectivity index (χ2n) is 4.60. The minimum Gasteiger partial charge on any atom is -0.497 e. The Balaban J connectivity index is 1.57. The van der Waals surface area contributed by atoms with Crippen LogP contribution in [-0.2, 0) is 6.61 Å². The second kappa shape index (κ2) is 7.51. The van der Waals surface area contributed by atoms with Gasteiger partial charge in [-0.05, 0) is 42.5 Å². The molecule has 0 aliphatic rings. The van der Waals surface area contributed by atoms with Gasteiger partial charge in [0.25, 0.3) is 0 Å². The van der Waals surface area contributed by atoms with E-state index in [2.05, 4.69) is 15.0 Å². The molecule has 0 atom stereocenters. The molecule has 2 aromatic heterocycles. The van der Waals surface area contributed by atoms with Crippen LogP contribution in [0.2, 0.25) is 0 Å². The average molecular weight is 325 g/mol. The highest BCUT2D eigenvalue weighted by molar-refractivity contribution is 7.09. The predicted octanol–water partition coefficient (Wildman–Crippen LogP) is 3.69. The lowest BCUT2D eigenvalue weighted by Crippen LogP contribution is -1.94. The van der Waals surface area contributed by atoms with E-state index in [9.17, 15) is 0 Å². The summed E-state index contributed by atoms with van der Waals surface area (Å²) in [7, 11) is 1.64. The summed E-state index contributed by atoms with van der Waals surface area (Å²) in [5.41, 5.74) is 1.74. The van der Waals surface area contributed by atoms with Gasteiger partial charge < -0.3 is 9.47 Å². The Labute approximate surface area is 138 Å². The highest BCUT2D eigenvalue weighted by Crippen LogP contribution is 2.19. The normalized spacial score (nSPS) is 10.8. The molecule has 0 fully saturated rings. The summed E-state index contributed by atoms with van der Waals surface area (Å²) in [5, 5.41) is 2.91. The molecule has 23 heavy (non-hydrogen) atoms. The smallest absolute Gasteiger partial charge is 0.140 e. The number of benzene rings is 1. The van der Waals surface area contributed by atoms with Gasteiger partial charge in [-0.15, -0.1) is 11.3 Å². The molecular weight excluding hydrogens is 310 g/mol. The Hall–Kier alpha value is -2.73. The third-order valence-electron chi connectivity index (χ3n) is 3.02. The van der Waals surface area contributed by atoms with Crippen molar-refractivity contribution in [2.75, 3.05) is 7.11 Å². The third kappa shape index (κ3) is 4.37. The van der Waals surface area contributed by atoms with E-state index in [-0.39, 0.29) is 0 Å². The Morgan fingerprint density at radius 2 is 1.83 bits per heavy atom. The standard InChI is InChI=1S/C17H15N3O2S/c1-21-15-4-6-16(7-5-15)22-10-17-20-14(11-23-17)3-2-13-8-9-18-12-19-13/h2-9,11-12H,10H2,1H3/b3-2+. The first-order valence-electron chi connectivity index (χ1n) is 6.99. The number of hydrogen-bond donors (Lipinski definition) is 0. The van der Waals surface area contributed by atoms with Crippen LogP contribution in [0.1, 0.15) is 16.4 Å². The first-order valence-corrected chi connectivity index (χ1v) is 7.87. The number of hydrogen-bond acceptors (Lipinski definition) is 6. The maximum absolute atomic E-state index is 5.72. The van der Waals surface area contributed by atoms with Crippen molar-refractivity contribution in [2.45, 2.75) is 6.61 Å². The number of aromatic nitrogens is 3. The van der Waals surface area contributed by atoms with Gasteiger partial charge in [-0.1, -0.05) is 0 Å². The summed E-state index contributed by atoms with van der Waals surface area (Å²) >= 11 is 1.57. The summed E-state index contributed by atoms with van der Waals surface area (Å²) in [6, 6.07) is 9.33. The number of nitrogens with zero attached hydrogens (tertiary/aromatic N) is 3. The number of thiazole rings is 1. The van der Waals surface area contributed by atoms with Gasteiger partial charge in [-0.2, -0.15) is 0 Å². The first-order chi connectivity index (χ1) is 11.3. The van der Waals surface area contributed by atoms with Gasteiger partial charge >= 0.3 is 0 Å². The zero-order valence-electron chi connectivity index (χ0n) is 12.5. The number of rotatable bonds is 6. The van der Waals surface area contributed by atoms with Gasteiger partial charge in [0.05, 0.1) is 18.5 Å². The van der Waals surface area contributed by atoms with Crippen LogP contribution >= 0.6 is 11.3 Å². The highest BCUT2D eigenvalue weighted by Gasteiger charge is 2.02. The lowest BCUT2D eigenvalue weighted by atomic mass is 10.3. The molecule has 0 spiro atoms. The van der Waals surface area contributed by atoms with Crippen LogP contribution in [0.25, 0.3) is 12.2 Å². The van der Waals surface area contributed by atoms with Crippen molar-refractivity contribution in [1.82, 2.24) is 15.0 Å². The van der Waals surface area contributed by atoms with E-state index in [4.69, 9.17) is 9.47 Å². The Bertz CT molecular complexity index is 770. The topological polar surface area (TPSA) is 57.1 Å². The fourth-order valence-electron chi connectivity index (χ4n) is 1.86. The van der Waals surface area contributed by atoms with Gasteiger partial charge in [-0.25, -0.2) is 15.0 Å². The molecule has 0 amide bonds. The monoisotopic (exact) mass is 325 g/mol. The minimum atomic E-state index is 0.443. The molecule has 6 heteroatoms. The third-order valence-corrected chi connectivity index (χ3v) is 3.86. The fourth-order valence-corrected chi connectivity index (χ4v) is 2.53. The highest BCUT2D eigenvalue weighted by atomic mass is 32.1. The first kappa shape index (κ1) is 15.2. The van der Waals surface area contributed by atoms with Crippen LogP contribution in [0.5, 0.6) is 11.5 Å². The molecule has 3 rings (SSSR count). The molecule has 116 valence electrons. The van der Waals surface area contributed by atoms with Crippen molar-refractivity contribution in [3.63, 3.8) is 0 Å². The zero-order valence-corrected chi connectivity index (χ0v) is 13.4. The van der Waals surface area contributed by atoms with E-state index in [1.807, 2.05) is 47.9 Å². The maximum Gasteiger partial charge on any atom is 0.140 e. The van der Waals surface area contributed by atoms with Crippen molar-refractivity contribution in [3.05, 3.63) is 64.6 Å². The predicted molar refractivity (Wildman–Crippen MR) is 90.4 cm³/mol. The molecule has 0 radical (unpaired) electrons. The lowest BCUT2D eigenvalue weighted by molar-refractivity contribution is 0.305. The summed E-state index contributed by atoms with van der Waals surface area (Å²) in [5.74, 6) is 1.60. The second-order valence-corrected chi connectivity index (χ2v) is 5.54. The summed E-state index contributed by atoms with van der Waals surface area (Å²) < 4.78 is 10.8. The van der Waals surface area contributed by atoms with Crippen molar-refractivity contribution in [3.8, 4) is 11.5 Å². The van der Waals surface area contributed by atoms with E-state index < -0.39 is 0 Å². The van der Waals surface area contributed by atoms with Gasteiger partial charge in [-0.3, -0.25) is 0 Å². The van der Waals surface area contributed by atoms with Crippen LogP contribution in [0.3, 0.4) is 0 Å².